The average molecular weight is 251 g/mol. The van der Waals surface area contributed by atoms with Crippen LogP contribution in [0.5, 0.6) is 0 Å². The zero-order valence-corrected chi connectivity index (χ0v) is 10.6. The molecule has 0 spiro atoms. The second-order valence-electron chi connectivity index (χ2n) is 4.51. The first kappa shape index (κ1) is 11.2. The fraction of sp³-hybridized carbons (Fsp3) is 0.583. The summed E-state index contributed by atoms with van der Waals surface area (Å²) in [5, 5.41) is 5.55. The van der Waals surface area contributed by atoms with E-state index in [1.54, 1.807) is 11.3 Å². The Balaban J connectivity index is 1.49. The zero-order chi connectivity index (χ0) is 11.5. The van der Waals surface area contributed by atoms with Crippen molar-refractivity contribution >= 4 is 16.3 Å². The highest BCUT2D eigenvalue weighted by molar-refractivity contribution is 7.15. The third-order valence-corrected chi connectivity index (χ3v) is 3.99. The summed E-state index contributed by atoms with van der Waals surface area (Å²) in [5.41, 5.74) is 1.13. The molecule has 2 aromatic heterocycles. The van der Waals surface area contributed by atoms with Crippen molar-refractivity contribution in [3.63, 3.8) is 0 Å². The number of ether oxygens (including phenoxy) is 1. The van der Waals surface area contributed by atoms with Crippen LogP contribution in [0.1, 0.15) is 18.5 Å². The smallest absolute Gasteiger partial charge is 0.193 e. The topological polar surface area (TPSA) is 38.6 Å². The van der Waals surface area contributed by atoms with Gasteiger partial charge in [-0.1, -0.05) is 0 Å². The number of thiazole rings is 1. The lowest BCUT2D eigenvalue weighted by Crippen LogP contribution is -2.27. The third-order valence-electron chi connectivity index (χ3n) is 3.22. The van der Waals surface area contributed by atoms with Crippen LogP contribution in [0.3, 0.4) is 0 Å². The van der Waals surface area contributed by atoms with Crippen molar-refractivity contribution in [1.29, 1.82) is 0 Å². The number of hydrogen-bond acceptors (Lipinski definition) is 4. The molecule has 0 atom stereocenters. The molecule has 0 unspecified atom stereocenters. The minimum atomic E-state index is 0.771. The van der Waals surface area contributed by atoms with E-state index in [1.165, 1.54) is 12.8 Å². The molecule has 3 heterocycles. The molecule has 0 aromatic carbocycles. The lowest BCUT2D eigenvalue weighted by molar-refractivity contribution is 0.0662. The van der Waals surface area contributed by atoms with Gasteiger partial charge in [-0.2, -0.15) is 0 Å². The SMILES string of the molecule is c1cn2cc(CNCC3CCOCC3)nc2s1. The van der Waals surface area contributed by atoms with Gasteiger partial charge >= 0.3 is 0 Å². The molecule has 3 rings (SSSR count). The van der Waals surface area contributed by atoms with Crippen molar-refractivity contribution in [3.8, 4) is 0 Å². The number of nitrogens with zero attached hydrogens (tertiary/aromatic N) is 2. The first-order valence-corrected chi connectivity index (χ1v) is 6.99. The van der Waals surface area contributed by atoms with Crippen molar-refractivity contribution in [2.75, 3.05) is 19.8 Å². The van der Waals surface area contributed by atoms with E-state index < -0.39 is 0 Å². The molecular weight excluding hydrogens is 234 g/mol. The summed E-state index contributed by atoms with van der Waals surface area (Å²) in [6, 6.07) is 0. The number of nitrogens with one attached hydrogen (secondary N) is 1. The Morgan fingerprint density at radius 2 is 2.35 bits per heavy atom. The summed E-state index contributed by atoms with van der Waals surface area (Å²) in [7, 11) is 0. The highest BCUT2D eigenvalue weighted by Gasteiger charge is 2.13. The quantitative estimate of drug-likeness (QED) is 0.902. The second-order valence-corrected chi connectivity index (χ2v) is 5.38. The Labute approximate surface area is 105 Å². The van der Waals surface area contributed by atoms with Crippen molar-refractivity contribution in [2.24, 2.45) is 5.92 Å². The van der Waals surface area contributed by atoms with Gasteiger partial charge in [0.1, 0.15) is 0 Å². The molecular formula is C12H17N3OS. The van der Waals surface area contributed by atoms with E-state index >= 15 is 0 Å². The minimum Gasteiger partial charge on any atom is -0.381 e. The van der Waals surface area contributed by atoms with Crippen LogP contribution in [0.4, 0.5) is 0 Å². The number of fused-ring (bicyclic) bond motifs is 1. The Bertz CT molecular complexity index is 444. The van der Waals surface area contributed by atoms with E-state index in [0.717, 1.165) is 42.9 Å². The number of rotatable bonds is 4. The Kier molecular flexibility index (Phi) is 3.40. The maximum atomic E-state index is 5.35. The molecule has 1 N–H and O–H groups in total. The summed E-state index contributed by atoms with van der Waals surface area (Å²) in [5.74, 6) is 0.771. The first-order chi connectivity index (χ1) is 8.42. The molecule has 0 radical (unpaired) electrons. The lowest BCUT2D eigenvalue weighted by atomic mass is 10.0. The van der Waals surface area contributed by atoms with Gasteiger partial charge in [-0.3, -0.25) is 4.40 Å². The lowest BCUT2D eigenvalue weighted by Gasteiger charge is -2.21. The Morgan fingerprint density at radius 3 is 3.18 bits per heavy atom. The van der Waals surface area contributed by atoms with Gasteiger partial charge in [-0.15, -0.1) is 11.3 Å². The predicted octanol–water partition coefficient (Wildman–Crippen LogP) is 1.91. The summed E-state index contributed by atoms with van der Waals surface area (Å²) in [4.78, 5) is 5.63. The highest BCUT2D eigenvalue weighted by Crippen LogP contribution is 2.14. The summed E-state index contributed by atoms with van der Waals surface area (Å²) < 4.78 is 7.43. The Morgan fingerprint density at radius 1 is 1.47 bits per heavy atom. The molecule has 1 aliphatic rings. The second kappa shape index (κ2) is 5.16. The standard InChI is InChI=1S/C12H17N3OS/c1-4-16-5-2-10(1)7-13-8-11-9-15-3-6-17-12(15)14-11/h3,6,9-10,13H,1-2,4-5,7-8H2. The normalized spacial score (nSPS) is 17.9. The maximum absolute atomic E-state index is 5.35. The monoisotopic (exact) mass is 251 g/mol. The third kappa shape index (κ3) is 2.68. The van der Waals surface area contributed by atoms with E-state index in [4.69, 9.17) is 4.74 Å². The van der Waals surface area contributed by atoms with Crippen molar-refractivity contribution in [1.82, 2.24) is 14.7 Å². The van der Waals surface area contributed by atoms with Gasteiger partial charge in [0.2, 0.25) is 0 Å². The van der Waals surface area contributed by atoms with Crippen LogP contribution in [0, 0.1) is 5.92 Å². The molecule has 1 fully saturated rings. The van der Waals surface area contributed by atoms with Gasteiger partial charge < -0.3 is 10.1 Å². The van der Waals surface area contributed by atoms with E-state index in [1.807, 2.05) is 0 Å². The molecule has 0 amide bonds. The van der Waals surface area contributed by atoms with E-state index in [0.29, 0.717) is 0 Å². The van der Waals surface area contributed by atoms with Gasteiger partial charge in [-0.25, -0.2) is 4.98 Å². The summed E-state index contributed by atoms with van der Waals surface area (Å²) in [6.07, 6.45) is 6.52. The first-order valence-electron chi connectivity index (χ1n) is 6.11. The summed E-state index contributed by atoms with van der Waals surface area (Å²) in [6.45, 7) is 3.79. The largest absolute Gasteiger partial charge is 0.381 e. The van der Waals surface area contributed by atoms with Gasteiger partial charge in [0.25, 0.3) is 0 Å². The Hall–Kier alpha value is -0.910. The molecule has 92 valence electrons. The van der Waals surface area contributed by atoms with E-state index in [-0.39, 0.29) is 0 Å². The molecule has 0 saturated carbocycles. The predicted molar refractivity (Wildman–Crippen MR) is 68.3 cm³/mol. The fourth-order valence-corrected chi connectivity index (χ4v) is 2.94. The molecule has 0 bridgehead atoms. The molecule has 1 saturated heterocycles. The minimum absolute atomic E-state index is 0.771. The fourth-order valence-electron chi connectivity index (χ4n) is 2.22. The van der Waals surface area contributed by atoms with E-state index in [2.05, 4.69) is 32.5 Å². The van der Waals surface area contributed by atoms with Gasteiger partial charge in [0.05, 0.1) is 5.69 Å². The van der Waals surface area contributed by atoms with Crippen LogP contribution in [0.2, 0.25) is 0 Å². The van der Waals surface area contributed by atoms with Crippen LogP contribution in [0.25, 0.3) is 4.96 Å². The van der Waals surface area contributed by atoms with Gasteiger partial charge in [-0.05, 0) is 25.3 Å². The number of aromatic nitrogens is 2. The van der Waals surface area contributed by atoms with Gasteiger partial charge in [0.15, 0.2) is 4.96 Å². The van der Waals surface area contributed by atoms with Crippen molar-refractivity contribution in [3.05, 3.63) is 23.5 Å². The van der Waals surface area contributed by atoms with E-state index in [9.17, 15) is 0 Å². The number of hydrogen-bond donors (Lipinski definition) is 1. The van der Waals surface area contributed by atoms with Crippen LogP contribution in [0.15, 0.2) is 17.8 Å². The van der Waals surface area contributed by atoms with Crippen LogP contribution in [-0.2, 0) is 11.3 Å². The molecule has 4 nitrogen and oxygen atoms in total. The molecule has 5 heteroatoms. The summed E-state index contributed by atoms with van der Waals surface area (Å²) >= 11 is 1.68. The molecule has 0 aliphatic carbocycles. The molecule has 2 aromatic rings. The highest BCUT2D eigenvalue weighted by atomic mass is 32.1. The van der Waals surface area contributed by atoms with Crippen molar-refractivity contribution < 1.29 is 4.74 Å². The van der Waals surface area contributed by atoms with Crippen LogP contribution >= 0.6 is 11.3 Å². The molecule has 1 aliphatic heterocycles. The zero-order valence-electron chi connectivity index (χ0n) is 9.76. The maximum Gasteiger partial charge on any atom is 0.193 e. The van der Waals surface area contributed by atoms with Crippen molar-refractivity contribution in [2.45, 2.75) is 19.4 Å². The van der Waals surface area contributed by atoms with Crippen LogP contribution in [-0.4, -0.2) is 29.1 Å². The van der Waals surface area contributed by atoms with Gasteiger partial charge in [0, 0.05) is 37.5 Å². The average Bonchev–Trinajstić information content (AvgIpc) is 2.91. The van der Waals surface area contributed by atoms with Crippen LogP contribution < -0.4 is 5.32 Å². The number of imidazole rings is 1. The molecule has 17 heavy (non-hydrogen) atoms.